The van der Waals surface area contributed by atoms with Crippen molar-refractivity contribution in [3.05, 3.63) is 76.8 Å². The first-order chi connectivity index (χ1) is 9.25. The molecule has 0 N–H and O–H groups in total. The van der Waals surface area contributed by atoms with Crippen LogP contribution in [0, 0.1) is 0 Å². The summed E-state index contributed by atoms with van der Waals surface area (Å²) in [5, 5.41) is 0.598. The number of ether oxygens (including phenoxy) is 1. The summed E-state index contributed by atoms with van der Waals surface area (Å²) in [6.45, 7) is 0.246. The van der Waals surface area contributed by atoms with E-state index in [4.69, 9.17) is 16.3 Å². The van der Waals surface area contributed by atoms with Gasteiger partial charge >= 0.3 is 5.97 Å². The number of hydrogen-bond acceptors (Lipinski definition) is 2. The van der Waals surface area contributed by atoms with E-state index in [1.54, 1.807) is 24.3 Å². The fourth-order valence-electron chi connectivity index (χ4n) is 1.54. The van der Waals surface area contributed by atoms with Gasteiger partial charge in [0.25, 0.3) is 0 Å². The molecule has 0 saturated heterocycles. The van der Waals surface area contributed by atoms with E-state index in [-0.39, 0.29) is 12.6 Å². The van der Waals surface area contributed by atoms with Crippen LogP contribution in [0.3, 0.4) is 0 Å². The van der Waals surface area contributed by atoms with Gasteiger partial charge in [0.15, 0.2) is 0 Å². The van der Waals surface area contributed by atoms with Gasteiger partial charge < -0.3 is 4.74 Å². The lowest BCUT2D eigenvalue weighted by atomic mass is 10.2. The van der Waals surface area contributed by atoms with E-state index in [1.807, 2.05) is 42.5 Å². The Morgan fingerprint density at radius 2 is 1.74 bits per heavy atom. The molecule has 0 radical (unpaired) electrons. The van der Waals surface area contributed by atoms with E-state index in [9.17, 15) is 4.79 Å². The molecule has 0 unspecified atom stereocenters. The smallest absolute Gasteiger partial charge is 0.338 e. The molecule has 0 saturated carbocycles. The fourth-order valence-corrected chi connectivity index (χ4v) is 1.67. The van der Waals surface area contributed by atoms with Crippen molar-refractivity contribution in [1.82, 2.24) is 0 Å². The third-order valence-corrected chi connectivity index (χ3v) is 2.75. The molecular weight excluding hydrogens is 260 g/mol. The molecule has 96 valence electrons. The van der Waals surface area contributed by atoms with Crippen LogP contribution in [0.25, 0.3) is 6.08 Å². The Labute approximate surface area is 117 Å². The molecule has 0 aliphatic carbocycles. The van der Waals surface area contributed by atoms with Crippen LogP contribution in [-0.2, 0) is 4.74 Å². The standard InChI is InChI=1S/C16H13ClO2/c17-15-10-8-14(9-11-15)16(18)19-12-4-7-13-5-2-1-3-6-13/h1-11H,12H2. The second-order valence-corrected chi connectivity index (χ2v) is 4.35. The molecule has 0 bridgehead atoms. The van der Waals surface area contributed by atoms with Crippen molar-refractivity contribution in [2.45, 2.75) is 0 Å². The van der Waals surface area contributed by atoms with E-state index in [0.717, 1.165) is 5.56 Å². The Hall–Kier alpha value is -2.06. The van der Waals surface area contributed by atoms with Gasteiger partial charge in [0, 0.05) is 5.02 Å². The molecule has 2 nitrogen and oxygen atoms in total. The fraction of sp³-hybridized carbons (Fsp3) is 0.0625. The van der Waals surface area contributed by atoms with Crippen molar-refractivity contribution in [1.29, 1.82) is 0 Å². The highest BCUT2D eigenvalue weighted by atomic mass is 35.5. The molecule has 2 aromatic rings. The first-order valence-corrected chi connectivity index (χ1v) is 6.28. The Morgan fingerprint density at radius 3 is 2.42 bits per heavy atom. The molecule has 0 atom stereocenters. The molecule has 0 amide bonds. The first-order valence-electron chi connectivity index (χ1n) is 5.90. The van der Waals surface area contributed by atoms with Crippen molar-refractivity contribution >= 4 is 23.6 Å². The second kappa shape index (κ2) is 6.76. The first kappa shape index (κ1) is 13.4. The number of carbonyl (C=O) groups is 1. The van der Waals surface area contributed by atoms with Crippen molar-refractivity contribution in [3.63, 3.8) is 0 Å². The van der Waals surface area contributed by atoms with E-state index in [0.29, 0.717) is 10.6 Å². The Bertz CT molecular complexity index is 559. The lowest BCUT2D eigenvalue weighted by molar-refractivity contribution is 0.0550. The maximum atomic E-state index is 11.7. The Kier molecular flexibility index (Phi) is 4.76. The minimum atomic E-state index is -0.352. The SMILES string of the molecule is O=C(OCC=Cc1ccccc1)c1ccc(Cl)cc1. The maximum Gasteiger partial charge on any atom is 0.338 e. The van der Waals surface area contributed by atoms with Crippen LogP contribution in [-0.4, -0.2) is 12.6 Å². The van der Waals surface area contributed by atoms with Crippen molar-refractivity contribution in [2.24, 2.45) is 0 Å². The summed E-state index contributed by atoms with van der Waals surface area (Å²) in [7, 11) is 0. The number of hydrogen-bond donors (Lipinski definition) is 0. The van der Waals surface area contributed by atoms with Gasteiger partial charge in [-0.25, -0.2) is 4.79 Å². The van der Waals surface area contributed by atoms with Gasteiger partial charge in [-0.1, -0.05) is 48.0 Å². The van der Waals surface area contributed by atoms with Crippen molar-refractivity contribution in [3.8, 4) is 0 Å². The molecule has 0 heterocycles. The summed E-state index contributed by atoms with van der Waals surface area (Å²) in [6.07, 6.45) is 3.72. The second-order valence-electron chi connectivity index (χ2n) is 3.92. The number of benzene rings is 2. The molecule has 0 spiro atoms. The summed E-state index contributed by atoms with van der Waals surface area (Å²) in [5.74, 6) is -0.352. The predicted molar refractivity (Wildman–Crippen MR) is 77.2 cm³/mol. The summed E-state index contributed by atoms with van der Waals surface area (Å²) < 4.78 is 5.12. The lowest BCUT2D eigenvalue weighted by Crippen LogP contribution is -2.04. The zero-order valence-electron chi connectivity index (χ0n) is 10.3. The zero-order valence-corrected chi connectivity index (χ0v) is 11.0. The van der Waals surface area contributed by atoms with Crippen molar-refractivity contribution in [2.75, 3.05) is 6.61 Å². The van der Waals surface area contributed by atoms with Crippen molar-refractivity contribution < 1.29 is 9.53 Å². The molecule has 0 fully saturated rings. The summed E-state index contributed by atoms with van der Waals surface area (Å²) in [4.78, 5) is 11.7. The van der Waals surface area contributed by atoms with Gasteiger partial charge in [0.05, 0.1) is 5.56 Å². The summed E-state index contributed by atoms with van der Waals surface area (Å²) in [6, 6.07) is 16.5. The molecule has 0 aliphatic rings. The molecule has 2 rings (SSSR count). The highest BCUT2D eigenvalue weighted by Crippen LogP contribution is 2.10. The number of halogens is 1. The van der Waals surface area contributed by atoms with E-state index in [1.165, 1.54) is 0 Å². The third-order valence-electron chi connectivity index (χ3n) is 2.50. The Balaban J connectivity index is 1.84. The topological polar surface area (TPSA) is 26.3 Å². The highest BCUT2D eigenvalue weighted by molar-refractivity contribution is 6.30. The van der Waals surface area contributed by atoms with Crippen LogP contribution in [0.1, 0.15) is 15.9 Å². The van der Waals surface area contributed by atoms with Crippen LogP contribution in [0.15, 0.2) is 60.7 Å². The van der Waals surface area contributed by atoms with Gasteiger partial charge in [-0.05, 0) is 35.9 Å². The zero-order chi connectivity index (χ0) is 13.5. The van der Waals surface area contributed by atoms with E-state index < -0.39 is 0 Å². The molecular formula is C16H13ClO2. The van der Waals surface area contributed by atoms with E-state index >= 15 is 0 Å². The molecule has 19 heavy (non-hydrogen) atoms. The predicted octanol–water partition coefficient (Wildman–Crippen LogP) is 4.21. The van der Waals surface area contributed by atoms with Gasteiger partial charge in [-0.2, -0.15) is 0 Å². The molecule has 3 heteroatoms. The number of esters is 1. The number of carbonyl (C=O) groups excluding carboxylic acids is 1. The monoisotopic (exact) mass is 272 g/mol. The largest absolute Gasteiger partial charge is 0.458 e. The molecule has 2 aromatic carbocycles. The van der Waals surface area contributed by atoms with Gasteiger partial charge in [0.1, 0.15) is 6.61 Å². The van der Waals surface area contributed by atoms with Crippen LogP contribution in [0.5, 0.6) is 0 Å². The normalized spacial score (nSPS) is 10.6. The van der Waals surface area contributed by atoms with Gasteiger partial charge in [0.2, 0.25) is 0 Å². The van der Waals surface area contributed by atoms with E-state index in [2.05, 4.69) is 0 Å². The molecule has 0 aliphatic heterocycles. The average molecular weight is 273 g/mol. The minimum Gasteiger partial charge on any atom is -0.458 e. The highest BCUT2D eigenvalue weighted by Gasteiger charge is 2.04. The quantitative estimate of drug-likeness (QED) is 0.780. The van der Waals surface area contributed by atoms with Gasteiger partial charge in [-0.3, -0.25) is 0 Å². The van der Waals surface area contributed by atoms with Crippen LogP contribution >= 0.6 is 11.6 Å². The van der Waals surface area contributed by atoms with Crippen LogP contribution < -0.4 is 0 Å². The maximum absolute atomic E-state index is 11.7. The van der Waals surface area contributed by atoms with Crippen LogP contribution in [0.4, 0.5) is 0 Å². The minimum absolute atomic E-state index is 0.246. The summed E-state index contributed by atoms with van der Waals surface area (Å²) in [5.41, 5.74) is 1.57. The van der Waals surface area contributed by atoms with Crippen LogP contribution in [0.2, 0.25) is 5.02 Å². The average Bonchev–Trinajstić information content (AvgIpc) is 2.45. The third kappa shape index (κ3) is 4.27. The lowest BCUT2D eigenvalue weighted by Gasteiger charge is -2.01. The molecule has 0 aromatic heterocycles. The number of rotatable bonds is 4. The Morgan fingerprint density at radius 1 is 1.05 bits per heavy atom. The van der Waals surface area contributed by atoms with Gasteiger partial charge in [-0.15, -0.1) is 0 Å². The summed E-state index contributed by atoms with van der Waals surface area (Å²) >= 11 is 5.75.